The Morgan fingerprint density at radius 3 is 2.36 bits per heavy atom. The Kier molecular flexibility index (Phi) is 7.42. The molecule has 0 unspecified atom stereocenters. The van der Waals surface area contributed by atoms with Gasteiger partial charge in [-0.3, -0.25) is 0 Å². The summed E-state index contributed by atoms with van der Waals surface area (Å²) < 4.78 is 0. The van der Waals surface area contributed by atoms with Gasteiger partial charge in [0, 0.05) is 5.56 Å². The molecule has 9 atom stereocenters. The monoisotopic (exact) mass is 488 g/mol. The number of fused-ring (bicyclic) bond motifs is 5. The van der Waals surface area contributed by atoms with Crippen LogP contribution in [-0.2, 0) is 0 Å². The van der Waals surface area contributed by atoms with E-state index in [4.69, 9.17) is 0 Å². The zero-order valence-electron chi connectivity index (χ0n) is 23.9. The maximum absolute atomic E-state index is 11.5. The zero-order valence-corrected chi connectivity index (χ0v) is 23.9. The Morgan fingerprint density at radius 2 is 1.61 bits per heavy atom. The van der Waals surface area contributed by atoms with Crippen LogP contribution in [0.5, 0.6) is 0 Å². The maximum atomic E-state index is 11.5. The van der Waals surface area contributed by atoms with Crippen molar-refractivity contribution in [3.63, 3.8) is 0 Å². The van der Waals surface area contributed by atoms with E-state index in [0.29, 0.717) is 16.7 Å². The minimum Gasteiger partial charge on any atom is -0.378 e. The second kappa shape index (κ2) is 10.1. The second-order valence-electron chi connectivity index (χ2n) is 14.5. The lowest BCUT2D eigenvalue weighted by atomic mass is 9.43. The van der Waals surface area contributed by atoms with Crippen LogP contribution in [0.25, 0.3) is 0 Å². The van der Waals surface area contributed by atoms with Crippen molar-refractivity contribution >= 4 is 0 Å². The van der Waals surface area contributed by atoms with Crippen molar-refractivity contribution in [1.82, 2.24) is 0 Å². The van der Waals surface area contributed by atoms with Gasteiger partial charge in [-0.15, -0.1) is 0 Å². The molecule has 36 heavy (non-hydrogen) atoms. The van der Waals surface area contributed by atoms with E-state index in [0.717, 1.165) is 60.3 Å². The molecule has 4 saturated carbocycles. The molecule has 1 N–H and O–H groups in total. The predicted octanol–water partition coefficient (Wildman–Crippen LogP) is 8.89. The summed E-state index contributed by atoms with van der Waals surface area (Å²) in [6.07, 6.45) is 15.6. The number of hydrogen-bond donors (Lipinski definition) is 1. The molecule has 1 nitrogen and oxygen atoms in total. The fourth-order valence-corrected chi connectivity index (χ4v) is 10.1. The summed E-state index contributed by atoms with van der Waals surface area (Å²) in [5, 5.41) is 11.5. The molecule has 1 aromatic carbocycles. The summed E-state index contributed by atoms with van der Waals surface area (Å²) >= 11 is 0. The third-order valence-electron chi connectivity index (χ3n) is 12.1. The Bertz CT molecular complexity index is 954. The average Bonchev–Trinajstić information content (AvgIpc) is 3.21. The van der Waals surface area contributed by atoms with Crippen LogP contribution >= 0.6 is 0 Å². The van der Waals surface area contributed by atoms with Crippen molar-refractivity contribution in [3.8, 4) is 11.8 Å². The van der Waals surface area contributed by atoms with E-state index in [1.165, 1.54) is 57.8 Å². The van der Waals surface area contributed by atoms with Gasteiger partial charge in [-0.05, 0) is 122 Å². The lowest BCUT2D eigenvalue weighted by molar-refractivity contribution is -0.140. The summed E-state index contributed by atoms with van der Waals surface area (Å²) in [4.78, 5) is 0. The summed E-state index contributed by atoms with van der Waals surface area (Å²) in [7, 11) is 0. The molecule has 0 bridgehead atoms. The first kappa shape index (κ1) is 26.4. The summed E-state index contributed by atoms with van der Waals surface area (Å²) in [5.41, 5.74) is 1.17. The van der Waals surface area contributed by atoms with Gasteiger partial charge >= 0.3 is 0 Å². The molecule has 0 amide bonds. The van der Waals surface area contributed by atoms with Crippen LogP contribution in [0.2, 0.25) is 0 Å². The maximum Gasteiger partial charge on any atom is 0.126 e. The molecule has 1 aromatic rings. The number of rotatable bonds is 5. The van der Waals surface area contributed by atoms with E-state index in [-0.39, 0.29) is 0 Å². The van der Waals surface area contributed by atoms with Crippen LogP contribution in [0.1, 0.15) is 117 Å². The molecule has 0 spiro atoms. The van der Waals surface area contributed by atoms with Gasteiger partial charge in [0.05, 0.1) is 0 Å². The highest BCUT2D eigenvalue weighted by atomic mass is 16.3. The third-order valence-corrected chi connectivity index (χ3v) is 12.1. The van der Waals surface area contributed by atoms with Crippen molar-refractivity contribution in [2.75, 3.05) is 0 Å². The molecule has 5 rings (SSSR count). The van der Waals surface area contributed by atoms with Gasteiger partial charge in [-0.1, -0.05) is 83.9 Å². The Morgan fingerprint density at radius 1 is 0.861 bits per heavy atom. The van der Waals surface area contributed by atoms with E-state index >= 15 is 0 Å². The average molecular weight is 489 g/mol. The smallest absolute Gasteiger partial charge is 0.126 e. The molecular weight excluding hydrogens is 436 g/mol. The molecular formula is C35H52O. The van der Waals surface area contributed by atoms with Crippen molar-refractivity contribution in [2.24, 2.45) is 52.3 Å². The van der Waals surface area contributed by atoms with Crippen LogP contribution < -0.4 is 0 Å². The fourth-order valence-electron chi connectivity index (χ4n) is 10.1. The van der Waals surface area contributed by atoms with Gasteiger partial charge in [-0.2, -0.15) is 0 Å². The van der Waals surface area contributed by atoms with Crippen molar-refractivity contribution in [2.45, 2.75) is 117 Å². The minimum absolute atomic E-state index is 0.395. The van der Waals surface area contributed by atoms with Gasteiger partial charge in [0.1, 0.15) is 5.60 Å². The van der Waals surface area contributed by atoms with Crippen molar-refractivity contribution in [3.05, 3.63) is 35.9 Å². The fraction of sp³-hybridized carbons (Fsp3) is 0.771. The largest absolute Gasteiger partial charge is 0.378 e. The summed E-state index contributed by atoms with van der Waals surface area (Å²) in [6.45, 7) is 12.6. The Balaban J connectivity index is 1.27. The Labute approximate surface area is 222 Å². The highest BCUT2D eigenvalue weighted by Gasteiger charge is 2.61. The first-order valence-electron chi connectivity index (χ1n) is 15.5. The lowest BCUT2D eigenvalue weighted by Crippen LogP contribution is -2.55. The van der Waals surface area contributed by atoms with Crippen LogP contribution in [0.3, 0.4) is 0 Å². The summed E-state index contributed by atoms with van der Waals surface area (Å²) in [5.74, 6) is 12.6. The van der Waals surface area contributed by atoms with Crippen molar-refractivity contribution < 1.29 is 5.11 Å². The van der Waals surface area contributed by atoms with Crippen LogP contribution in [0.4, 0.5) is 0 Å². The van der Waals surface area contributed by atoms with E-state index in [1.807, 2.05) is 30.3 Å². The minimum atomic E-state index is -0.806. The molecule has 4 fully saturated rings. The quantitative estimate of drug-likeness (QED) is 0.410. The number of aliphatic hydroxyl groups is 1. The number of benzene rings is 1. The standard InChI is InChI=1S/C35H52O/c1-25(2)10-9-11-26(3)30-16-17-31-29-15-14-28-24-35(36,21-18-27-12-7-6-8-13-27)23-22-33(28,4)32(29)19-20-34(30,31)5/h6-8,12-13,25-26,28-32,36H,9-11,14-17,19-20,22-24H2,1-5H3/t26-,28+,29-,30+,31-,32-,33+,34+,35+/m1/s1. The lowest BCUT2D eigenvalue weighted by Gasteiger charge is -2.62. The van der Waals surface area contributed by atoms with Gasteiger partial charge in [0.2, 0.25) is 0 Å². The van der Waals surface area contributed by atoms with Crippen LogP contribution in [-0.4, -0.2) is 10.7 Å². The molecule has 0 heterocycles. The highest BCUT2D eigenvalue weighted by Crippen LogP contribution is 2.68. The third kappa shape index (κ3) is 4.82. The first-order valence-corrected chi connectivity index (χ1v) is 15.5. The predicted molar refractivity (Wildman–Crippen MR) is 151 cm³/mol. The van der Waals surface area contributed by atoms with Gasteiger partial charge in [0.25, 0.3) is 0 Å². The highest BCUT2D eigenvalue weighted by molar-refractivity contribution is 5.36. The van der Waals surface area contributed by atoms with Gasteiger partial charge < -0.3 is 5.11 Å². The van der Waals surface area contributed by atoms with Crippen molar-refractivity contribution in [1.29, 1.82) is 0 Å². The van der Waals surface area contributed by atoms with E-state index in [2.05, 4.69) is 46.5 Å². The topological polar surface area (TPSA) is 20.2 Å². The summed E-state index contributed by atoms with van der Waals surface area (Å²) in [6, 6.07) is 10.2. The molecule has 1 heteroatoms. The SMILES string of the molecule is CC(C)CCC[C@@H](C)[C@@H]1CC[C@@H]2[C@H]3CC[C@H]4C[C@](O)(C#Cc5ccccc5)CC[C@]4(C)[C@@H]3CC[C@]21C. The molecule has 0 aliphatic heterocycles. The van der Waals surface area contributed by atoms with Gasteiger partial charge in [-0.25, -0.2) is 0 Å². The second-order valence-corrected chi connectivity index (χ2v) is 14.5. The van der Waals surface area contributed by atoms with Gasteiger partial charge in [0.15, 0.2) is 0 Å². The zero-order chi connectivity index (χ0) is 25.6. The molecule has 0 aromatic heterocycles. The molecule has 4 aliphatic carbocycles. The normalized spacial score (nSPS) is 42.6. The van der Waals surface area contributed by atoms with Crippen LogP contribution in [0.15, 0.2) is 30.3 Å². The number of hydrogen-bond acceptors (Lipinski definition) is 1. The molecule has 198 valence electrons. The van der Waals surface area contributed by atoms with E-state index in [9.17, 15) is 5.11 Å². The first-order chi connectivity index (χ1) is 17.1. The molecule has 0 saturated heterocycles. The van der Waals surface area contributed by atoms with E-state index < -0.39 is 5.60 Å². The van der Waals surface area contributed by atoms with E-state index in [1.54, 1.807) is 0 Å². The van der Waals surface area contributed by atoms with Crippen LogP contribution in [0, 0.1) is 64.1 Å². The molecule has 0 radical (unpaired) electrons. The molecule has 4 aliphatic rings. The Hall–Kier alpha value is -1.26.